The molecule has 3 nitrogen and oxygen atoms in total. The van der Waals surface area contributed by atoms with Gasteiger partial charge in [-0.25, -0.2) is 0 Å². The zero-order valence-electron chi connectivity index (χ0n) is 12.3. The smallest absolute Gasteiger partial charge is 0.0741 e. The SMILES string of the molecule is CCCC1CCCN(CCCC(C)(O)CN)CC1. The maximum Gasteiger partial charge on any atom is 0.0741 e. The van der Waals surface area contributed by atoms with E-state index in [1.165, 1.54) is 45.2 Å². The van der Waals surface area contributed by atoms with E-state index in [1.807, 2.05) is 6.92 Å². The monoisotopic (exact) mass is 256 g/mol. The van der Waals surface area contributed by atoms with Crippen LogP contribution in [0.1, 0.15) is 58.8 Å². The fourth-order valence-corrected chi connectivity index (χ4v) is 2.93. The van der Waals surface area contributed by atoms with Gasteiger partial charge in [0.15, 0.2) is 0 Å². The van der Waals surface area contributed by atoms with Crippen LogP contribution >= 0.6 is 0 Å². The minimum atomic E-state index is -0.670. The van der Waals surface area contributed by atoms with E-state index in [-0.39, 0.29) is 0 Å². The Labute approximate surface area is 113 Å². The number of aliphatic hydroxyl groups is 1. The van der Waals surface area contributed by atoms with E-state index in [9.17, 15) is 5.11 Å². The van der Waals surface area contributed by atoms with Gasteiger partial charge in [0.2, 0.25) is 0 Å². The van der Waals surface area contributed by atoms with Crippen molar-refractivity contribution < 1.29 is 5.11 Å². The standard InChI is InChI=1S/C15H32N2O/c1-3-6-14-7-4-10-17(12-8-14)11-5-9-15(2,18)13-16/h14,18H,3-13,16H2,1-2H3. The average Bonchev–Trinajstić information content (AvgIpc) is 2.56. The fourth-order valence-electron chi connectivity index (χ4n) is 2.93. The summed E-state index contributed by atoms with van der Waals surface area (Å²) in [6.07, 6.45) is 8.71. The second-order valence-electron chi connectivity index (χ2n) is 6.23. The molecule has 0 aromatic carbocycles. The number of nitrogens with zero attached hydrogens (tertiary/aromatic N) is 1. The van der Waals surface area contributed by atoms with Crippen molar-refractivity contribution in [2.24, 2.45) is 11.7 Å². The molecular formula is C15H32N2O. The third kappa shape index (κ3) is 6.17. The largest absolute Gasteiger partial charge is 0.389 e. The van der Waals surface area contributed by atoms with E-state index in [0.717, 1.165) is 25.3 Å². The van der Waals surface area contributed by atoms with Crippen LogP contribution in [0.4, 0.5) is 0 Å². The summed E-state index contributed by atoms with van der Waals surface area (Å²) in [7, 11) is 0. The Balaban J connectivity index is 2.19. The first kappa shape index (κ1) is 15.9. The summed E-state index contributed by atoms with van der Waals surface area (Å²) < 4.78 is 0. The zero-order chi connectivity index (χ0) is 13.4. The minimum Gasteiger partial charge on any atom is -0.389 e. The Hall–Kier alpha value is -0.120. The molecule has 1 aliphatic heterocycles. The van der Waals surface area contributed by atoms with Gasteiger partial charge < -0.3 is 15.7 Å². The Morgan fingerprint density at radius 3 is 2.78 bits per heavy atom. The van der Waals surface area contributed by atoms with E-state index >= 15 is 0 Å². The highest BCUT2D eigenvalue weighted by Gasteiger charge is 2.19. The van der Waals surface area contributed by atoms with Crippen molar-refractivity contribution in [2.75, 3.05) is 26.2 Å². The van der Waals surface area contributed by atoms with Gasteiger partial charge in [-0.2, -0.15) is 0 Å². The molecule has 1 rings (SSSR count). The van der Waals surface area contributed by atoms with Crippen LogP contribution in [0.2, 0.25) is 0 Å². The van der Waals surface area contributed by atoms with Crippen molar-refractivity contribution in [1.82, 2.24) is 4.90 Å². The summed E-state index contributed by atoms with van der Waals surface area (Å²) in [5.74, 6) is 0.951. The molecule has 3 heteroatoms. The molecule has 1 heterocycles. The maximum atomic E-state index is 9.88. The minimum absolute atomic E-state index is 0.367. The van der Waals surface area contributed by atoms with Crippen molar-refractivity contribution in [1.29, 1.82) is 0 Å². The van der Waals surface area contributed by atoms with Gasteiger partial charge in [-0.1, -0.05) is 19.8 Å². The molecule has 2 atom stereocenters. The molecule has 2 unspecified atom stereocenters. The first-order valence-corrected chi connectivity index (χ1v) is 7.72. The van der Waals surface area contributed by atoms with Gasteiger partial charge in [0.1, 0.15) is 0 Å². The van der Waals surface area contributed by atoms with Gasteiger partial charge in [-0.15, -0.1) is 0 Å². The maximum absolute atomic E-state index is 9.88. The van der Waals surface area contributed by atoms with Crippen LogP contribution in [-0.2, 0) is 0 Å². The summed E-state index contributed by atoms with van der Waals surface area (Å²) in [6.45, 7) is 8.10. The summed E-state index contributed by atoms with van der Waals surface area (Å²) in [6, 6.07) is 0. The molecule has 0 bridgehead atoms. The van der Waals surface area contributed by atoms with E-state index < -0.39 is 5.60 Å². The predicted molar refractivity (Wildman–Crippen MR) is 77.6 cm³/mol. The van der Waals surface area contributed by atoms with E-state index in [0.29, 0.717) is 6.54 Å². The summed E-state index contributed by atoms with van der Waals surface area (Å²) in [4.78, 5) is 2.57. The summed E-state index contributed by atoms with van der Waals surface area (Å²) in [5, 5.41) is 9.88. The summed E-state index contributed by atoms with van der Waals surface area (Å²) in [5.41, 5.74) is 4.87. The molecule has 0 saturated carbocycles. The number of hydrogen-bond donors (Lipinski definition) is 2. The normalized spacial score (nSPS) is 25.7. The molecular weight excluding hydrogens is 224 g/mol. The number of hydrogen-bond acceptors (Lipinski definition) is 3. The van der Waals surface area contributed by atoms with Gasteiger partial charge in [0.25, 0.3) is 0 Å². The van der Waals surface area contributed by atoms with Crippen molar-refractivity contribution in [3.05, 3.63) is 0 Å². The van der Waals surface area contributed by atoms with Gasteiger partial charge in [-0.3, -0.25) is 0 Å². The molecule has 1 fully saturated rings. The molecule has 0 aromatic rings. The lowest BCUT2D eigenvalue weighted by Crippen LogP contribution is -2.35. The second-order valence-corrected chi connectivity index (χ2v) is 6.23. The van der Waals surface area contributed by atoms with Crippen molar-refractivity contribution in [3.63, 3.8) is 0 Å². The van der Waals surface area contributed by atoms with Gasteiger partial charge >= 0.3 is 0 Å². The summed E-state index contributed by atoms with van der Waals surface area (Å²) >= 11 is 0. The topological polar surface area (TPSA) is 49.5 Å². The third-order valence-corrected chi connectivity index (χ3v) is 4.27. The van der Waals surface area contributed by atoms with Crippen molar-refractivity contribution in [3.8, 4) is 0 Å². The number of rotatable bonds is 7. The highest BCUT2D eigenvalue weighted by atomic mass is 16.3. The predicted octanol–water partition coefficient (Wildman–Crippen LogP) is 2.38. The van der Waals surface area contributed by atoms with Crippen molar-refractivity contribution in [2.45, 2.75) is 64.4 Å². The Kier molecular flexibility index (Phi) is 7.20. The van der Waals surface area contributed by atoms with Crippen LogP contribution in [0.15, 0.2) is 0 Å². The highest BCUT2D eigenvalue weighted by molar-refractivity contribution is 4.75. The average molecular weight is 256 g/mol. The first-order chi connectivity index (χ1) is 8.57. The molecule has 0 spiro atoms. The third-order valence-electron chi connectivity index (χ3n) is 4.27. The lowest BCUT2D eigenvalue weighted by Gasteiger charge is -2.24. The van der Waals surface area contributed by atoms with E-state index in [4.69, 9.17) is 5.73 Å². The lowest BCUT2D eigenvalue weighted by molar-refractivity contribution is 0.0544. The zero-order valence-corrected chi connectivity index (χ0v) is 12.3. The molecule has 18 heavy (non-hydrogen) atoms. The highest BCUT2D eigenvalue weighted by Crippen LogP contribution is 2.22. The molecule has 108 valence electrons. The Bertz CT molecular complexity index is 219. The van der Waals surface area contributed by atoms with Gasteiger partial charge in [0.05, 0.1) is 5.60 Å². The van der Waals surface area contributed by atoms with Crippen LogP contribution in [0.25, 0.3) is 0 Å². The quantitative estimate of drug-likeness (QED) is 0.735. The van der Waals surface area contributed by atoms with E-state index in [1.54, 1.807) is 0 Å². The van der Waals surface area contributed by atoms with Crippen LogP contribution in [0, 0.1) is 5.92 Å². The van der Waals surface area contributed by atoms with Crippen molar-refractivity contribution >= 4 is 0 Å². The fraction of sp³-hybridized carbons (Fsp3) is 1.00. The Morgan fingerprint density at radius 2 is 2.11 bits per heavy atom. The van der Waals surface area contributed by atoms with Crippen LogP contribution in [0.3, 0.4) is 0 Å². The number of likely N-dealkylation sites (tertiary alicyclic amines) is 1. The lowest BCUT2D eigenvalue weighted by atomic mass is 9.96. The van der Waals surface area contributed by atoms with Crippen LogP contribution < -0.4 is 5.73 Å². The molecule has 1 aliphatic rings. The molecule has 3 N–H and O–H groups in total. The molecule has 1 saturated heterocycles. The van der Waals surface area contributed by atoms with Crippen LogP contribution in [-0.4, -0.2) is 41.8 Å². The Morgan fingerprint density at radius 1 is 1.33 bits per heavy atom. The van der Waals surface area contributed by atoms with Crippen LogP contribution in [0.5, 0.6) is 0 Å². The second kappa shape index (κ2) is 8.13. The van der Waals surface area contributed by atoms with Gasteiger partial charge in [0, 0.05) is 6.54 Å². The molecule has 0 aliphatic carbocycles. The van der Waals surface area contributed by atoms with Gasteiger partial charge in [-0.05, 0) is 64.6 Å². The molecule has 0 radical (unpaired) electrons. The van der Waals surface area contributed by atoms with E-state index in [2.05, 4.69) is 11.8 Å². The molecule has 0 amide bonds. The first-order valence-electron chi connectivity index (χ1n) is 7.72. The molecule has 0 aromatic heterocycles. The number of nitrogens with two attached hydrogens (primary N) is 1.